The van der Waals surface area contributed by atoms with Crippen LogP contribution in [0.2, 0.25) is 0 Å². The van der Waals surface area contributed by atoms with E-state index in [2.05, 4.69) is 22.1 Å². The van der Waals surface area contributed by atoms with E-state index in [1.165, 1.54) is 19.3 Å². The quantitative estimate of drug-likeness (QED) is 0.871. The van der Waals surface area contributed by atoms with E-state index < -0.39 is 0 Å². The predicted molar refractivity (Wildman–Crippen MR) is 72.6 cm³/mol. The van der Waals surface area contributed by atoms with Crippen LogP contribution in [-0.4, -0.2) is 35.6 Å². The molecule has 1 saturated heterocycles. The minimum Gasteiger partial charge on any atom is -0.444 e. The molecule has 0 bridgehead atoms. The maximum Gasteiger partial charge on any atom is 0.208 e. The first-order valence-corrected chi connectivity index (χ1v) is 7.07. The zero-order valence-corrected chi connectivity index (χ0v) is 11.8. The Hall–Kier alpha value is -0.870. The maximum absolute atomic E-state index is 5.66. The van der Waals surface area contributed by atoms with Crippen LogP contribution >= 0.6 is 0 Å². The molecule has 0 radical (unpaired) electrons. The van der Waals surface area contributed by atoms with Crippen molar-refractivity contribution in [2.45, 2.75) is 52.6 Å². The van der Waals surface area contributed by atoms with Crippen LogP contribution in [0.3, 0.4) is 0 Å². The Labute approximate surface area is 110 Å². The van der Waals surface area contributed by atoms with Gasteiger partial charge in [0.25, 0.3) is 0 Å². The zero-order valence-electron chi connectivity index (χ0n) is 11.8. The van der Waals surface area contributed by atoms with Crippen molar-refractivity contribution in [1.29, 1.82) is 0 Å². The molecule has 1 unspecified atom stereocenters. The molecule has 4 heteroatoms. The number of rotatable bonds is 5. The van der Waals surface area contributed by atoms with E-state index in [0.717, 1.165) is 43.5 Å². The van der Waals surface area contributed by atoms with Gasteiger partial charge in [-0.2, -0.15) is 0 Å². The first kappa shape index (κ1) is 13.6. The number of hydrogen-bond acceptors (Lipinski definition) is 4. The first-order valence-electron chi connectivity index (χ1n) is 7.07. The van der Waals surface area contributed by atoms with Crippen molar-refractivity contribution in [1.82, 2.24) is 15.2 Å². The fourth-order valence-corrected chi connectivity index (χ4v) is 2.51. The number of hydrogen-bond donors (Lipinski definition) is 1. The van der Waals surface area contributed by atoms with Gasteiger partial charge in [-0.25, -0.2) is 4.98 Å². The van der Waals surface area contributed by atoms with Crippen molar-refractivity contribution in [3.63, 3.8) is 0 Å². The molecule has 1 aliphatic rings. The second-order valence-electron chi connectivity index (χ2n) is 5.28. The molecular weight excluding hydrogens is 226 g/mol. The molecule has 2 rings (SSSR count). The molecule has 0 spiro atoms. The summed E-state index contributed by atoms with van der Waals surface area (Å²) in [5, 5.41) is 3.61. The minimum absolute atomic E-state index is 0.635. The summed E-state index contributed by atoms with van der Waals surface area (Å²) in [6.45, 7) is 10.4. The Morgan fingerprint density at radius 1 is 1.44 bits per heavy atom. The van der Waals surface area contributed by atoms with Gasteiger partial charge in [-0.05, 0) is 46.2 Å². The molecule has 0 aromatic carbocycles. The van der Waals surface area contributed by atoms with Crippen molar-refractivity contribution >= 4 is 0 Å². The number of aromatic nitrogens is 1. The van der Waals surface area contributed by atoms with Gasteiger partial charge in [0.05, 0.1) is 12.2 Å². The van der Waals surface area contributed by atoms with Crippen molar-refractivity contribution < 1.29 is 4.42 Å². The van der Waals surface area contributed by atoms with Crippen molar-refractivity contribution in [3.8, 4) is 0 Å². The molecule has 1 aromatic heterocycles. The molecule has 2 heterocycles. The van der Waals surface area contributed by atoms with E-state index in [-0.39, 0.29) is 0 Å². The number of nitrogens with zero attached hydrogens (tertiary/aromatic N) is 2. The van der Waals surface area contributed by atoms with E-state index in [4.69, 9.17) is 4.42 Å². The lowest BCUT2D eigenvalue weighted by Gasteiger charge is -2.32. The third-order valence-corrected chi connectivity index (χ3v) is 3.62. The van der Waals surface area contributed by atoms with Gasteiger partial charge in [0.2, 0.25) is 5.89 Å². The third kappa shape index (κ3) is 3.56. The first-order chi connectivity index (χ1) is 8.69. The Kier molecular flexibility index (Phi) is 4.78. The summed E-state index contributed by atoms with van der Waals surface area (Å²) in [4.78, 5) is 6.91. The Bertz CT molecular complexity index is 356. The fourth-order valence-electron chi connectivity index (χ4n) is 2.51. The van der Waals surface area contributed by atoms with Crippen molar-refractivity contribution in [2.24, 2.45) is 0 Å². The molecule has 1 atom stereocenters. The van der Waals surface area contributed by atoms with Gasteiger partial charge in [-0.1, -0.05) is 6.92 Å². The summed E-state index contributed by atoms with van der Waals surface area (Å²) in [7, 11) is 0. The number of likely N-dealkylation sites (tertiary alicyclic amines) is 1. The van der Waals surface area contributed by atoms with Crippen LogP contribution in [0.4, 0.5) is 0 Å². The second kappa shape index (κ2) is 6.34. The molecule has 0 aliphatic carbocycles. The van der Waals surface area contributed by atoms with Gasteiger partial charge in [-0.15, -0.1) is 0 Å². The maximum atomic E-state index is 5.66. The van der Waals surface area contributed by atoms with Crippen LogP contribution < -0.4 is 5.32 Å². The van der Waals surface area contributed by atoms with Gasteiger partial charge in [0.15, 0.2) is 0 Å². The predicted octanol–water partition coefficient (Wildman–Crippen LogP) is 2.26. The summed E-state index contributed by atoms with van der Waals surface area (Å²) in [6.07, 6.45) is 3.76. The van der Waals surface area contributed by atoms with Crippen LogP contribution in [0.25, 0.3) is 0 Å². The second-order valence-corrected chi connectivity index (χ2v) is 5.28. The minimum atomic E-state index is 0.635. The average molecular weight is 251 g/mol. The highest BCUT2D eigenvalue weighted by atomic mass is 16.4. The van der Waals surface area contributed by atoms with E-state index in [0.29, 0.717) is 6.04 Å². The van der Waals surface area contributed by atoms with Crippen molar-refractivity contribution in [2.75, 3.05) is 19.6 Å². The summed E-state index contributed by atoms with van der Waals surface area (Å²) >= 11 is 0. The van der Waals surface area contributed by atoms with E-state index in [1.54, 1.807) is 0 Å². The van der Waals surface area contributed by atoms with Gasteiger partial charge in [0, 0.05) is 12.6 Å². The van der Waals surface area contributed by atoms with E-state index in [1.807, 2.05) is 13.8 Å². The lowest BCUT2D eigenvalue weighted by atomic mass is 10.1. The van der Waals surface area contributed by atoms with Crippen LogP contribution in [-0.2, 0) is 6.54 Å². The highest BCUT2D eigenvalue weighted by Gasteiger charge is 2.20. The van der Waals surface area contributed by atoms with Gasteiger partial charge < -0.3 is 9.73 Å². The van der Waals surface area contributed by atoms with Crippen molar-refractivity contribution in [3.05, 3.63) is 17.3 Å². The highest BCUT2D eigenvalue weighted by Crippen LogP contribution is 2.15. The zero-order chi connectivity index (χ0) is 13.0. The fraction of sp³-hybridized carbons (Fsp3) is 0.786. The topological polar surface area (TPSA) is 41.3 Å². The Morgan fingerprint density at radius 3 is 2.94 bits per heavy atom. The monoisotopic (exact) mass is 251 g/mol. The van der Waals surface area contributed by atoms with Crippen LogP contribution in [0.15, 0.2) is 4.42 Å². The third-order valence-electron chi connectivity index (χ3n) is 3.62. The van der Waals surface area contributed by atoms with E-state index >= 15 is 0 Å². The Balaban J connectivity index is 1.85. The molecule has 102 valence electrons. The normalized spacial score (nSPS) is 21.4. The standard InChI is InChI=1S/C14H25N3O/c1-4-7-15-13-6-5-8-17(9-13)10-14-16-11(2)12(3)18-14/h13,15H,4-10H2,1-3H3. The molecule has 1 aliphatic heterocycles. The van der Waals surface area contributed by atoms with Crippen LogP contribution in [0, 0.1) is 13.8 Å². The summed E-state index contributed by atoms with van der Waals surface area (Å²) in [5.74, 6) is 1.81. The summed E-state index contributed by atoms with van der Waals surface area (Å²) in [5.41, 5.74) is 1.02. The van der Waals surface area contributed by atoms with E-state index in [9.17, 15) is 0 Å². The molecule has 18 heavy (non-hydrogen) atoms. The van der Waals surface area contributed by atoms with Gasteiger partial charge in [-0.3, -0.25) is 4.90 Å². The number of nitrogens with one attached hydrogen (secondary N) is 1. The highest BCUT2D eigenvalue weighted by molar-refractivity contribution is 5.05. The molecule has 0 saturated carbocycles. The van der Waals surface area contributed by atoms with Crippen LogP contribution in [0.5, 0.6) is 0 Å². The molecule has 1 N–H and O–H groups in total. The number of aryl methyl sites for hydroxylation is 2. The van der Waals surface area contributed by atoms with Crippen LogP contribution in [0.1, 0.15) is 43.5 Å². The average Bonchev–Trinajstić information content (AvgIpc) is 2.66. The molecule has 0 amide bonds. The lowest BCUT2D eigenvalue weighted by molar-refractivity contribution is 0.169. The lowest BCUT2D eigenvalue weighted by Crippen LogP contribution is -2.45. The summed E-state index contributed by atoms with van der Waals surface area (Å²) in [6, 6.07) is 0.635. The number of piperidine rings is 1. The number of oxazole rings is 1. The molecule has 1 fully saturated rings. The smallest absolute Gasteiger partial charge is 0.208 e. The van der Waals surface area contributed by atoms with Gasteiger partial charge in [0.1, 0.15) is 5.76 Å². The largest absolute Gasteiger partial charge is 0.444 e. The molecule has 4 nitrogen and oxygen atoms in total. The summed E-state index contributed by atoms with van der Waals surface area (Å²) < 4.78 is 5.66. The van der Waals surface area contributed by atoms with Gasteiger partial charge >= 0.3 is 0 Å². The molecular formula is C14H25N3O. The molecule has 1 aromatic rings. The SMILES string of the molecule is CCCNC1CCCN(Cc2nc(C)c(C)o2)C1. The Morgan fingerprint density at radius 2 is 2.28 bits per heavy atom.